The molecule has 0 fully saturated rings. The first-order valence-corrected chi connectivity index (χ1v) is 8.38. The van der Waals surface area contributed by atoms with E-state index in [4.69, 9.17) is 0 Å². The Balaban J connectivity index is 2.25. The summed E-state index contributed by atoms with van der Waals surface area (Å²) in [5, 5.41) is 21.7. The van der Waals surface area contributed by atoms with Gasteiger partial charge in [-0.15, -0.1) is 0 Å². The number of hydrogen-bond acceptors (Lipinski definition) is 5. The molecule has 0 aromatic heterocycles. The lowest BCUT2D eigenvalue weighted by Gasteiger charge is -2.26. The van der Waals surface area contributed by atoms with Gasteiger partial charge >= 0.3 is 0 Å². The van der Waals surface area contributed by atoms with Crippen LogP contribution in [0, 0.1) is 10.1 Å². The number of anilines is 1. The molecule has 0 bridgehead atoms. The van der Waals surface area contributed by atoms with E-state index in [1.54, 1.807) is 30.3 Å². The molecule has 1 atom stereocenters. The van der Waals surface area contributed by atoms with Gasteiger partial charge in [-0.3, -0.25) is 24.6 Å². The second-order valence-electron chi connectivity index (χ2n) is 5.69. The molecular formula is C18H13BrN2O5. The number of nitro groups is 1. The van der Waals surface area contributed by atoms with Crippen molar-refractivity contribution >= 4 is 39.0 Å². The van der Waals surface area contributed by atoms with Crippen molar-refractivity contribution < 1.29 is 19.6 Å². The fourth-order valence-corrected chi connectivity index (χ4v) is 3.28. The van der Waals surface area contributed by atoms with E-state index < -0.39 is 28.4 Å². The predicted octanol–water partition coefficient (Wildman–Crippen LogP) is 3.85. The second-order valence-corrected chi connectivity index (χ2v) is 6.60. The summed E-state index contributed by atoms with van der Waals surface area (Å²) in [6.45, 7) is 1.21. The monoisotopic (exact) mass is 416 g/mol. The zero-order valence-electron chi connectivity index (χ0n) is 13.5. The molecule has 0 saturated carbocycles. The van der Waals surface area contributed by atoms with Gasteiger partial charge in [0, 0.05) is 16.2 Å². The third-order valence-corrected chi connectivity index (χ3v) is 4.65. The Morgan fingerprint density at radius 2 is 1.81 bits per heavy atom. The number of benzene rings is 2. The van der Waals surface area contributed by atoms with E-state index in [2.05, 4.69) is 15.9 Å². The van der Waals surface area contributed by atoms with Crippen LogP contribution in [-0.2, 0) is 9.59 Å². The zero-order chi connectivity index (χ0) is 19.0. The van der Waals surface area contributed by atoms with Gasteiger partial charge in [0.25, 0.3) is 11.6 Å². The third-order valence-electron chi connectivity index (χ3n) is 4.12. The number of aliphatic hydroxyl groups excluding tert-OH is 1. The number of para-hydroxylation sites is 1. The van der Waals surface area contributed by atoms with E-state index in [1.807, 2.05) is 0 Å². The van der Waals surface area contributed by atoms with Crippen LogP contribution in [0.5, 0.6) is 0 Å². The molecule has 8 heteroatoms. The molecule has 7 nitrogen and oxygen atoms in total. The lowest BCUT2D eigenvalue weighted by molar-refractivity contribution is -0.385. The molecule has 0 radical (unpaired) electrons. The Morgan fingerprint density at radius 3 is 2.38 bits per heavy atom. The quantitative estimate of drug-likeness (QED) is 0.602. The maximum absolute atomic E-state index is 12.7. The molecule has 0 saturated heterocycles. The SMILES string of the molecule is CC(=O)C1=C(O)C(=O)N(c2ccc(Br)cc2)[C@H]1c1ccccc1[N+](=O)[O-]. The van der Waals surface area contributed by atoms with Crippen molar-refractivity contribution in [3.63, 3.8) is 0 Å². The maximum Gasteiger partial charge on any atom is 0.294 e. The molecule has 132 valence electrons. The van der Waals surface area contributed by atoms with Crippen LogP contribution in [0.2, 0.25) is 0 Å². The second kappa shape index (κ2) is 6.72. The van der Waals surface area contributed by atoms with E-state index in [-0.39, 0.29) is 16.8 Å². The van der Waals surface area contributed by atoms with Crippen molar-refractivity contribution in [2.45, 2.75) is 13.0 Å². The minimum atomic E-state index is -1.08. The molecule has 1 heterocycles. The van der Waals surface area contributed by atoms with Gasteiger partial charge in [-0.1, -0.05) is 28.1 Å². The van der Waals surface area contributed by atoms with Crippen molar-refractivity contribution in [1.82, 2.24) is 0 Å². The molecule has 0 aliphatic carbocycles. The van der Waals surface area contributed by atoms with Crippen molar-refractivity contribution in [3.05, 3.63) is 80.0 Å². The Hall–Kier alpha value is -3.00. The first-order valence-electron chi connectivity index (χ1n) is 7.59. The highest BCUT2D eigenvalue weighted by molar-refractivity contribution is 9.10. The zero-order valence-corrected chi connectivity index (χ0v) is 15.1. The van der Waals surface area contributed by atoms with Crippen molar-refractivity contribution in [2.24, 2.45) is 0 Å². The Morgan fingerprint density at radius 1 is 1.19 bits per heavy atom. The van der Waals surface area contributed by atoms with Gasteiger partial charge in [0.05, 0.1) is 16.1 Å². The normalized spacial score (nSPS) is 16.9. The van der Waals surface area contributed by atoms with Crippen molar-refractivity contribution in [3.8, 4) is 0 Å². The van der Waals surface area contributed by atoms with Crippen molar-refractivity contribution in [2.75, 3.05) is 4.90 Å². The van der Waals surface area contributed by atoms with Gasteiger partial charge in [0.2, 0.25) is 0 Å². The highest BCUT2D eigenvalue weighted by Crippen LogP contribution is 2.43. The summed E-state index contributed by atoms with van der Waals surface area (Å²) in [6.07, 6.45) is 0. The largest absolute Gasteiger partial charge is 0.503 e. The Bertz CT molecular complexity index is 952. The van der Waals surface area contributed by atoms with Gasteiger partial charge in [-0.05, 0) is 37.3 Å². The lowest BCUT2D eigenvalue weighted by atomic mass is 9.95. The van der Waals surface area contributed by atoms with Crippen LogP contribution in [0.1, 0.15) is 18.5 Å². The fourth-order valence-electron chi connectivity index (χ4n) is 3.01. The number of nitrogens with zero attached hydrogens (tertiary/aromatic N) is 2. The number of carbonyl (C=O) groups excluding carboxylic acids is 2. The van der Waals surface area contributed by atoms with Crippen LogP contribution in [0.15, 0.2) is 64.3 Å². The number of Topliss-reactive ketones (excluding diaryl/α,β-unsaturated/α-hetero) is 1. The number of rotatable bonds is 4. The first-order chi connectivity index (χ1) is 12.3. The average Bonchev–Trinajstić information content (AvgIpc) is 2.87. The summed E-state index contributed by atoms with van der Waals surface area (Å²) in [6, 6.07) is 11.4. The number of carbonyl (C=O) groups is 2. The number of amides is 1. The molecule has 1 aliphatic heterocycles. The smallest absolute Gasteiger partial charge is 0.294 e. The summed E-state index contributed by atoms with van der Waals surface area (Å²) < 4.78 is 0.777. The average molecular weight is 417 g/mol. The summed E-state index contributed by atoms with van der Waals surface area (Å²) in [5.41, 5.74) is 0.167. The van der Waals surface area contributed by atoms with Gasteiger partial charge in [-0.25, -0.2) is 0 Å². The molecule has 2 aromatic carbocycles. The molecule has 3 rings (SSSR count). The van der Waals surface area contributed by atoms with Crippen LogP contribution >= 0.6 is 15.9 Å². The van der Waals surface area contributed by atoms with Gasteiger partial charge < -0.3 is 5.11 Å². The number of ketones is 1. The summed E-state index contributed by atoms with van der Waals surface area (Å²) in [7, 11) is 0. The fraction of sp³-hybridized carbons (Fsp3) is 0.111. The number of aliphatic hydroxyl groups is 1. The van der Waals surface area contributed by atoms with Crippen LogP contribution < -0.4 is 4.90 Å². The van der Waals surface area contributed by atoms with E-state index in [1.165, 1.54) is 30.0 Å². The van der Waals surface area contributed by atoms with Gasteiger partial charge in [0.1, 0.15) is 6.04 Å². The number of halogens is 1. The molecule has 2 aromatic rings. The highest BCUT2D eigenvalue weighted by Gasteiger charge is 2.45. The lowest BCUT2D eigenvalue weighted by Crippen LogP contribution is -2.31. The van der Waals surface area contributed by atoms with Crippen molar-refractivity contribution in [1.29, 1.82) is 0 Å². The molecule has 0 spiro atoms. The molecular weight excluding hydrogens is 404 g/mol. The molecule has 26 heavy (non-hydrogen) atoms. The third kappa shape index (κ3) is 2.88. The molecule has 1 aliphatic rings. The first kappa shape index (κ1) is 17.8. The van der Waals surface area contributed by atoms with E-state index in [0.717, 1.165) is 4.47 Å². The predicted molar refractivity (Wildman–Crippen MR) is 97.8 cm³/mol. The van der Waals surface area contributed by atoms with E-state index >= 15 is 0 Å². The van der Waals surface area contributed by atoms with Crippen LogP contribution in [0.3, 0.4) is 0 Å². The van der Waals surface area contributed by atoms with Crippen LogP contribution in [0.25, 0.3) is 0 Å². The van der Waals surface area contributed by atoms with Gasteiger partial charge in [-0.2, -0.15) is 0 Å². The maximum atomic E-state index is 12.7. The van der Waals surface area contributed by atoms with Gasteiger partial charge in [0.15, 0.2) is 11.5 Å². The minimum Gasteiger partial charge on any atom is -0.503 e. The van der Waals surface area contributed by atoms with Crippen LogP contribution in [0.4, 0.5) is 11.4 Å². The summed E-state index contributed by atoms with van der Waals surface area (Å²) in [5.74, 6) is -2.00. The Labute approximate surface area is 156 Å². The number of nitro benzene ring substituents is 1. The standard InChI is InChI=1S/C18H13BrN2O5/c1-10(22)15-16(13-4-2-3-5-14(13)21(25)26)20(18(24)17(15)23)12-8-6-11(19)7-9-12/h2-9,16,23H,1H3/t16-/m0/s1. The molecule has 1 N–H and O–H groups in total. The Kier molecular flexibility index (Phi) is 4.60. The van der Waals surface area contributed by atoms with Crippen LogP contribution in [-0.4, -0.2) is 21.7 Å². The highest BCUT2D eigenvalue weighted by atomic mass is 79.9. The van der Waals surface area contributed by atoms with E-state index in [9.17, 15) is 24.8 Å². The molecule has 1 amide bonds. The topological polar surface area (TPSA) is 101 Å². The summed E-state index contributed by atoms with van der Waals surface area (Å²) in [4.78, 5) is 36.8. The minimum absolute atomic E-state index is 0.156. The summed E-state index contributed by atoms with van der Waals surface area (Å²) >= 11 is 3.30. The molecule has 0 unspecified atom stereocenters. The van der Waals surface area contributed by atoms with E-state index in [0.29, 0.717) is 5.69 Å². The number of hydrogen-bond donors (Lipinski definition) is 1.